The van der Waals surface area contributed by atoms with Crippen molar-refractivity contribution in [1.29, 1.82) is 0 Å². The van der Waals surface area contributed by atoms with Gasteiger partial charge < -0.3 is 9.47 Å². The van der Waals surface area contributed by atoms with Gasteiger partial charge in [0.15, 0.2) is 5.16 Å². The van der Waals surface area contributed by atoms with Crippen molar-refractivity contribution in [3.8, 4) is 0 Å². The highest BCUT2D eigenvalue weighted by molar-refractivity contribution is 7.99. The first kappa shape index (κ1) is 19.2. The van der Waals surface area contributed by atoms with E-state index in [2.05, 4.69) is 33.8 Å². The number of aromatic nitrogens is 3. The molecule has 27 heavy (non-hydrogen) atoms. The van der Waals surface area contributed by atoms with E-state index in [1.54, 1.807) is 4.90 Å². The number of hydrogen-bond acceptors (Lipinski definition) is 4. The summed E-state index contributed by atoms with van der Waals surface area (Å²) in [5.74, 6) is 1.36. The van der Waals surface area contributed by atoms with Crippen LogP contribution in [0.3, 0.4) is 0 Å². The van der Waals surface area contributed by atoms with Crippen molar-refractivity contribution in [2.24, 2.45) is 0 Å². The summed E-state index contributed by atoms with van der Waals surface area (Å²) in [4.78, 5) is 14.2. The maximum atomic E-state index is 12.5. The topological polar surface area (TPSA) is 51.0 Å². The average Bonchev–Trinajstić information content (AvgIpc) is 3.09. The van der Waals surface area contributed by atoms with Crippen molar-refractivity contribution >= 4 is 17.7 Å². The van der Waals surface area contributed by atoms with E-state index >= 15 is 0 Å². The molecule has 0 bridgehead atoms. The lowest BCUT2D eigenvalue weighted by Crippen LogP contribution is -2.27. The Morgan fingerprint density at radius 2 is 1.63 bits per heavy atom. The molecule has 140 valence electrons. The van der Waals surface area contributed by atoms with Crippen molar-refractivity contribution in [3.05, 3.63) is 77.6 Å². The first-order valence-electron chi connectivity index (χ1n) is 9.04. The van der Waals surface area contributed by atoms with E-state index in [0.717, 1.165) is 29.5 Å². The van der Waals surface area contributed by atoms with Crippen LogP contribution in [0.1, 0.15) is 23.9 Å². The first-order valence-corrected chi connectivity index (χ1v) is 10.0. The van der Waals surface area contributed by atoms with E-state index in [1.165, 1.54) is 17.3 Å². The van der Waals surface area contributed by atoms with Crippen LogP contribution in [0.15, 0.2) is 65.8 Å². The average molecular weight is 381 g/mol. The molecule has 0 unspecified atom stereocenters. The predicted molar refractivity (Wildman–Crippen MR) is 109 cm³/mol. The molecule has 3 rings (SSSR count). The molecule has 0 fully saturated rings. The van der Waals surface area contributed by atoms with Crippen LogP contribution >= 0.6 is 11.8 Å². The highest BCUT2D eigenvalue weighted by atomic mass is 32.2. The quantitative estimate of drug-likeness (QED) is 0.560. The summed E-state index contributed by atoms with van der Waals surface area (Å²) in [5.41, 5.74) is 2.33. The van der Waals surface area contributed by atoms with Crippen LogP contribution in [-0.4, -0.2) is 38.4 Å². The van der Waals surface area contributed by atoms with Gasteiger partial charge in [-0.3, -0.25) is 4.79 Å². The third kappa shape index (κ3) is 5.20. The summed E-state index contributed by atoms with van der Waals surface area (Å²) >= 11 is 1.45. The summed E-state index contributed by atoms with van der Waals surface area (Å²) < 4.78 is 2.09. The first-order chi connectivity index (χ1) is 13.2. The summed E-state index contributed by atoms with van der Waals surface area (Å²) in [6, 6.07) is 20.2. The molecule has 2 aromatic carbocycles. The van der Waals surface area contributed by atoms with E-state index in [4.69, 9.17) is 0 Å². The standard InChI is InChI=1S/C21H24N4OS/c1-3-25-19(14-17-10-6-4-7-11-17)22-23-21(25)27-16-20(26)24(2)15-18-12-8-5-9-13-18/h4-13H,3,14-16H2,1-2H3. The molecule has 0 aliphatic carbocycles. The molecule has 0 saturated heterocycles. The second kappa shape index (κ2) is 9.37. The van der Waals surface area contributed by atoms with Gasteiger partial charge in [0.25, 0.3) is 0 Å². The third-order valence-corrected chi connectivity index (χ3v) is 5.28. The second-order valence-corrected chi connectivity index (χ2v) is 7.27. The Morgan fingerprint density at radius 1 is 1.00 bits per heavy atom. The van der Waals surface area contributed by atoms with Gasteiger partial charge in [0.1, 0.15) is 5.82 Å². The SMILES string of the molecule is CCn1c(Cc2ccccc2)nnc1SCC(=O)N(C)Cc1ccccc1. The molecule has 0 saturated carbocycles. The Morgan fingerprint density at radius 3 is 2.26 bits per heavy atom. The van der Waals surface area contributed by atoms with Crippen molar-refractivity contribution in [2.45, 2.75) is 31.6 Å². The molecule has 0 atom stereocenters. The van der Waals surface area contributed by atoms with E-state index in [1.807, 2.05) is 55.6 Å². The maximum Gasteiger partial charge on any atom is 0.233 e. The summed E-state index contributed by atoms with van der Waals surface area (Å²) in [6.07, 6.45) is 0.740. The zero-order valence-corrected chi connectivity index (χ0v) is 16.5. The van der Waals surface area contributed by atoms with Gasteiger partial charge in [0.05, 0.1) is 5.75 Å². The molecule has 1 amide bonds. The Labute approximate surface area is 164 Å². The fourth-order valence-electron chi connectivity index (χ4n) is 2.83. The molecule has 0 N–H and O–H groups in total. The smallest absolute Gasteiger partial charge is 0.233 e. The number of rotatable bonds is 8. The molecule has 1 heterocycles. The molecular weight excluding hydrogens is 356 g/mol. The van der Waals surface area contributed by atoms with Crippen LogP contribution in [-0.2, 0) is 24.3 Å². The van der Waals surface area contributed by atoms with Crippen LogP contribution in [0.5, 0.6) is 0 Å². The molecule has 0 aliphatic heterocycles. The Bertz CT molecular complexity index is 864. The van der Waals surface area contributed by atoms with Gasteiger partial charge in [-0.25, -0.2) is 0 Å². The lowest BCUT2D eigenvalue weighted by molar-refractivity contribution is -0.127. The van der Waals surface area contributed by atoms with Gasteiger partial charge in [-0.2, -0.15) is 0 Å². The highest BCUT2D eigenvalue weighted by Crippen LogP contribution is 2.19. The minimum absolute atomic E-state index is 0.0825. The molecule has 0 spiro atoms. The van der Waals surface area contributed by atoms with Crippen molar-refractivity contribution < 1.29 is 4.79 Å². The normalized spacial score (nSPS) is 10.7. The number of benzene rings is 2. The predicted octanol–water partition coefficient (Wildman–Crippen LogP) is 3.64. The van der Waals surface area contributed by atoms with Gasteiger partial charge in [-0.05, 0) is 18.1 Å². The molecule has 5 nitrogen and oxygen atoms in total. The van der Waals surface area contributed by atoms with Gasteiger partial charge in [-0.1, -0.05) is 72.4 Å². The fourth-order valence-corrected chi connectivity index (χ4v) is 3.80. The molecule has 1 aromatic heterocycles. The van der Waals surface area contributed by atoms with Crippen LogP contribution < -0.4 is 0 Å². The maximum absolute atomic E-state index is 12.5. The van der Waals surface area contributed by atoms with Gasteiger partial charge >= 0.3 is 0 Å². The summed E-state index contributed by atoms with van der Waals surface area (Å²) in [6.45, 7) is 3.47. The minimum Gasteiger partial charge on any atom is -0.341 e. The van der Waals surface area contributed by atoms with E-state index < -0.39 is 0 Å². The van der Waals surface area contributed by atoms with E-state index in [0.29, 0.717) is 12.3 Å². The van der Waals surface area contributed by atoms with Crippen molar-refractivity contribution in [2.75, 3.05) is 12.8 Å². The molecule has 6 heteroatoms. The highest BCUT2D eigenvalue weighted by Gasteiger charge is 2.15. The van der Waals surface area contributed by atoms with E-state index in [-0.39, 0.29) is 5.91 Å². The number of hydrogen-bond donors (Lipinski definition) is 0. The van der Waals surface area contributed by atoms with Crippen LogP contribution in [0.2, 0.25) is 0 Å². The van der Waals surface area contributed by atoms with Crippen LogP contribution in [0.4, 0.5) is 0 Å². The van der Waals surface area contributed by atoms with Crippen molar-refractivity contribution in [1.82, 2.24) is 19.7 Å². The second-order valence-electron chi connectivity index (χ2n) is 6.33. The zero-order valence-electron chi connectivity index (χ0n) is 15.7. The Balaban J connectivity index is 1.59. The lowest BCUT2D eigenvalue weighted by atomic mass is 10.1. The number of carbonyl (C=O) groups excluding carboxylic acids is 1. The minimum atomic E-state index is 0.0825. The third-order valence-electron chi connectivity index (χ3n) is 4.33. The van der Waals surface area contributed by atoms with E-state index in [9.17, 15) is 4.79 Å². The molecule has 3 aromatic rings. The van der Waals surface area contributed by atoms with Gasteiger partial charge in [0.2, 0.25) is 5.91 Å². The Kier molecular flexibility index (Phi) is 6.65. The molecule has 0 radical (unpaired) electrons. The Hall–Kier alpha value is -2.60. The number of carbonyl (C=O) groups is 1. The fraction of sp³-hybridized carbons (Fsp3) is 0.286. The lowest BCUT2D eigenvalue weighted by Gasteiger charge is -2.17. The van der Waals surface area contributed by atoms with Crippen LogP contribution in [0.25, 0.3) is 0 Å². The van der Waals surface area contributed by atoms with Crippen LogP contribution in [0, 0.1) is 0 Å². The zero-order chi connectivity index (χ0) is 19.1. The van der Waals surface area contributed by atoms with Gasteiger partial charge in [0, 0.05) is 26.6 Å². The summed E-state index contributed by atoms with van der Waals surface area (Å²) in [5, 5.41) is 9.44. The molecular formula is C21H24N4OS. The summed E-state index contributed by atoms with van der Waals surface area (Å²) in [7, 11) is 1.83. The van der Waals surface area contributed by atoms with Crippen molar-refractivity contribution in [3.63, 3.8) is 0 Å². The number of thioether (sulfide) groups is 1. The molecule has 0 aliphatic rings. The largest absolute Gasteiger partial charge is 0.341 e. The van der Waals surface area contributed by atoms with Gasteiger partial charge in [-0.15, -0.1) is 10.2 Å². The number of amides is 1. The number of nitrogens with zero attached hydrogens (tertiary/aromatic N) is 4. The monoisotopic (exact) mass is 380 g/mol.